The van der Waals surface area contributed by atoms with Crippen molar-refractivity contribution in [3.63, 3.8) is 0 Å². The quantitative estimate of drug-likeness (QED) is 0.525. The van der Waals surface area contributed by atoms with Crippen LogP contribution < -0.4 is 5.73 Å². The average molecular weight is 131 g/mol. The molecule has 0 aromatic rings. The minimum absolute atomic E-state index is 0.0486. The Kier molecular flexibility index (Phi) is 3.42. The van der Waals surface area contributed by atoms with Gasteiger partial charge in [-0.15, -0.1) is 0 Å². The van der Waals surface area contributed by atoms with Gasteiger partial charge in [0.25, 0.3) is 0 Å². The van der Waals surface area contributed by atoms with Crippen LogP contribution in [0.2, 0.25) is 0 Å². The first kappa shape index (κ1) is 8.59. The first-order chi connectivity index (χ1) is 4.09. The maximum atomic E-state index is 10.6. The highest BCUT2D eigenvalue weighted by Gasteiger charge is 2.17. The van der Waals surface area contributed by atoms with Gasteiger partial charge in [0.2, 0.25) is 0 Å². The predicted molar refractivity (Wildman–Crippen MR) is 34.7 cm³/mol. The zero-order valence-electron chi connectivity index (χ0n) is 5.79. The molecule has 0 amide bonds. The van der Waals surface area contributed by atoms with Crippen LogP contribution in [0.3, 0.4) is 0 Å². The number of ketones is 1. The van der Waals surface area contributed by atoms with Gasteiger partial charge in [0.15, 0.2) is 0 Å². The van der Waals surface area contributed by atoms with E-state index in [0.717, 1.165) is 0 Å². The van der Waals surface area contributed by atoms with E-state index in [4.69, 9.17) is 10.8 Å². The lowest BCUT2D eigenvalue weighted by Crippen LogP contribution is -2.33. The van der Waals surface area contributed by atoms with Crippen molar-refractivity contribution in [1.29, 1.82) is 0 Å². The third kappa shape index (κ3) is 2.58. The Balaban J connectivity index is 3.83. The number of hydrogen-bond donors (Lipinski definition) is 2. The maximum absolute atomic E-state index is 10.6. The highest BCUT2D eigenvalue weighted by molar-refractivity contribution is 5.78. The van der Waals surface area contributed by atoms with Crippen molar-refractivity contribution >= 4 is 5.78 Å². The molecule has 54 valence electrons. The van der Waals surface area contributed by atoms with E-state index in [1.165, 1.54) is 6.92 Å². The number of hydrogen-bond acceptors (Lipinski definition) is 3. The van der Waals surface area contributed by atoms with E-state index >= 15 is 0 Å². The molecule has 0 aliphatic rings. The fourth-order valence-electron chi connectivity index (χ4n) is 0.769. The second-order valence-electron chi connectivity index (χ2n) is 2.12. The lowest BCUT2D eigenvalue weighted by Gasteiger charge is -2.12. The summed E-state index contributed by atoms with van der Waals surface area (Å²) in [6, 6.07) is 0. The Morgan fingerprint density at radius 3 is 2.22 bits per heavy atom. The highest BCUT2D eigenvalue weighted by Crippen LogP contribution is 2.04. The smallest absolute Gasteiger partial charge is 0.136 e. The van der Waals surface area contributed by atoms with Crippen LogP contribution in [0.15, 0.2) is 0 Å². The van der Waals surface area contributed by atoms with Crippen LogP contribution in [0.1, 0.15) is 20.3 Å². The fraction of sp³-hybridized carbons (Fsp3) is 0.833. The van der Waals surface area contributed by atoms with E-state index in [2.05, 4.69) is 0 Å². The molecule has 9 heavy (non-hydrogen) atoms. The summed E-state index contributed by atoms with van der Waals surface area (Å²) in [4.78, 5) is 10.6. The summed E-state index contributed by atoms with van der Waals surface area (Å²) in [7, 11) is 0. The molecule has 2 atom stereocenters. The zero-order valence-corrected chi connectivity index (χ0v) is 5.79. The number of aliphatic hydroxyl groups is 1. The second-order valence-corrected chi connectivity index (χ2v) is 2.12. The lowest BCUT2D eigenvalue weighted by molar-refractivity contribution is -0.124. The first-order valence-electron chi connectivity index (χ1n) is 3.03. The average Bonchev–Trinajstić information content (AvgIpc) is 1.64. The van der Waals surface area contributed by atoms with E-state index in [-0.39, 0.29) is 11.7 Å². The van der Waals surface area contributed by atoms with E-state index in [1.807, 2.05) is 6.92 Å². The number of aliphatic hydroxyl groups excluding tert-OH is 1. The monoisotopic (exact) mass is 131 g/mol. The number of Topliss-reactive ketones (excluding diaryl/α,β-unsaturated/α-hetero) is 1. The Labute approximate surface area is 54.9 Å². The third-order valence-electron chi connectivity index (χ3n) is 1.37. The fourth-order valence-corrected chi connectivity index (χ4v) is 0.769. The van der Waals surface area contributed by atoms with Gasteiger partial charge in [-0.25, -0.2) is 0 Å². The molecule has 0 fully saturated rings. The van der Waals surface area contributed by atoms with Gasteiger partial charge in [0.05, 0.1) is 5.92 Å². The van der Waals surface area contributed by atoms with Crippen molar-refractivity contribution in [2.24, 2.45) is 11.7 Å². The van der Waals surface area contributed by atoms with Crippen LogP contribution in [0.4, 0.5) is 0 Å². The zero-order chi connectivity index (χ0) is 7.44. The van der Waals surface area contributed by atoms with Gasteiger partial charge in [-0.1, -0.05) is 6.92 Å². The van der Waals surface area contributed by atoms with Crippen molar-refractivity contribution in [1.82, 2.24) is 0 Å². The predicted octanol–water partition coefficient (Wildman–Crippen LogP) is -0.121. The molecule has 0 aromatic heterocycles. The van der Waals surface area contributed by atoms with Gasteiger partial charge in [0.1, 0.15) is 12.0 Å². The van der Waals surface area contributed by atoms with E-state index < -0.39 is 6.23 Å². The summed E-state index contributed by atoms with van der Waals surface area (Å²) in [6.45, 7) is 3.26. The van der Waals surface area contributed by atoms with Gasteiger partial charge < -0.3 is 10.8 Å². The molecule has 0 bridgehead atoms. The van der Waals surface area contributed by atoms with Gasteiger partial charge >= 0.3 is 0 Å². The number of nitrogens with two attached hydrogens (primary N) is 1. The van der Waals surface area contributed by atoms with Gasteiger partial charge in [-0.3, -0.25) is 4.79 Å². The van der Waals surface area contributed by atoms with E-state index in [9.17, 15) is 4.79 Å². The molecule has 0 spiro atoms. The molecule has 3 nitrogen and oxygen atoms in total. The summed E-state index contributed by atoms with van der Waals surface area (Å²) in [6.07, 6.45) is -0.389. The number of carbonyl (C=O) groups excluding carboxylic acids is 1. The minimum atomic E-state index is -0.993. The van der Waals surface area contributed by atoms with E-state index in [0.29, 0.717) is 6.42 Å². The third-order valence-corrected chi connectivity index (χ3v) is 1.37. The van der Waals surface area contributed by atoms with Crippen molar-refractivity contribution < 1.29 is 9.90 Å². The molecule has 0 saturated heterocycles. The molecular formula is C6H13NO2. The van der Waals surface area contributed by atoms with Gasteiger partial charge in [0, 0.05) is 0 Å². The Morgan fingerprint density at radius 1 is 1.78 bits per heavy atom. The Hall–Kier alpha value is -0.410. The van der Waals surface area contributed by atoms with E-state index in [1.54, 1.807) is 0 Å². The standard InChI is InChI=1S/C6H13NO2/c1-3-5(4(2)8)6(7)9/h5-6,9H,3,7H2,1-2H3. The van der Waals surface area contributed by atoms with Crippen LogP contribution in [0.5, 0.6) is 0 Å². The molecule has 0 aromatic carbocycles. The largest absolute Gasteiger partial charge is 0.378 e. The van der Waals surface area contributed by atoms with Crippen molar-refractivity contribution in [3.05, 3.63) is 0 Å². The normalized spacial score (nSPS) is 16.9. The topological polar surface area (TPSA) is 63.3 Å². The molecule has 3 heteroatoms. The molecule has 0 aliphatic heterocycles. The molecular weight excluding hydrogens is 118 g/mol. The van der Waals surface area contributed by atoms with Crippen molar-refractivity contribution in [2.45, 2.75) is 26.5 Å². The molecule has 0 rings (SSSR count). The summed E-state index contributed by atoms with van der Waals surface area (Å²) in [5.74, 6) is -0.433. The molecule has 3 N–H and O–H groups in total. The van der Waals surface area contributed by atoms with Crippen LogP contribution in [-0.4, -0.2) is 17.1 Å². The van der Waals surface area contributed by atoms with Gasteiger partial charge in [-0.2, -0.15) is 0 Å². The number of carbonyl (C=O) groups is 1. The SMILES string of the molecule is CCC(C(C)=O)C(N)O. The van der Waals surface area contributed by atoms with Crippen LogP contribution >= 0.6 is 0 Å². The molecule has 0 heterocycles. The Bertz CT molecular complexity index is 101. The van der Waals surface area contributed by atoms with Crippen molar-refractivity contribution in [3.8, 4) is 0 Å². The molecule has 2 unspecified atom stereocenters. The highest BCUT2D eigenvalue weighted by atomic mass is 16.3. The summed E-state index contributed by atoms with van der Waals surface area (Å²) in [5.41, 5.74) is 5.08. The Morgan fingerprint density at radius 2 is 2.22 bits per heavy atom. The van der Waals surface area contributed by atoms with Crippen LogP contribution in [0.25, 0.3) is 0 Å². The number of rotatable bonds is 3. The van der Waals surface area contributed by atoms with Gasteiger partial charge in [-0.05, 0) is 13.3 Å². The summed E-state index contributed by atoms with van der Waals surface area (Å²) < 4.78 is 0. The minimum Gasteiger partial charge on any atom is -0.378 e. The summed E-state index contributed by atoms with van der Waals surface area (Å²) in [5, 5.41) is 8.74. The molecule has 0 saturated carbocycles. The second kappa shape index (κ2) is 3.58. The lowest BCUT2D eigenvalue weighted by atomic mass is 10.0. The van der Waals surface area contributed by atoms with Crippen LogP contribution in [0, 0.1) is 5.92 Å². The van der Waals surface area contributed by atoms with Crippen molar-refractivity contribution in [2.75, 3.05) is 0 Å². The van der Waals surface area contributed by atoms with Crippen LogP contribution in [-0.2, 0) is 4.79 Å². The molecule has 0 radical (unpaired) electrons. The summed E-state index contributed by atoms with van der Waals surface area (Å²) >= 11 is 0. The molecule has 0 aliphatic carbocycles. The first-order valence-corrected chi connectivity index (χ1v) is 3.03. The maximum Gasteiger partial charge on any atom is 0.136 e.